The molecule has 0 amide bonds. The van der Waals surface area contributed by atoms with E-state index < -0.39 is 22.5 Å². The third-order valence-corrected chi connectivity index (χ3v) is 7.64. The van der Waals surface area contributed by atoms with Crippen molar-refractivity contribution in [2.75, 3.05) is 6.61 Å². The smallest absolute Gasteiger partial charge is 0.345 e. The van der Waals surface area contributed by atoms with Gasteiger partial charge < -0.3 is 9.47 Å². The number of carbonyl (C=O) groups is 1. The van der Waals surface area contributed by atoms with Crippen molar-refractivity contribution in [1.29, 1.82) is 5.26 Å². The molecule has 4 nitrogen and oxygen atoms in total. The highest BCUT2D eigenvalue weighted by molar-refractivity contribution is 7.97. The van der Waals surface area contributed by atoms with Gasteiger partial charge in [0, 0.05) is 5.56 Å². The van der Waals surface area contributed by atoms with Crippen LogP contribution in [0.25, 0.3) is 0 Å². The van der Waals surface area contributed by atoms with E-state index in [-0.39, 0.29) is 18.2 Å². The van der Waals surface area contributed by atoms with Gasteiger partial charge in [0.15, 0.2) is 26.9 Å². The summed E-state index contributed by atoms with van der Waals surface area (Å²) in [4.78, 5) is 15.1. The molecule has 0 radical (unpaired) electrons. The maximum Gasteiger partial charge on any atom is 0.345 e. The molecule has 0 spiro atoms. The third-order valence-electron chi connectivity index (χ3n) is 5.41. The van der Waals surface area contributed by atoms with Gasteiger partial charge in [0.05, 0.1) is 22.5 Å². The van der Waals surface area contributed by atoms with Gasteiger partial charge in [-0.2, -0.15) is 5.26 Å². The molecule has 0 N–H and O–H groups in total. The van der Waals surface area contributed by atoms with Crippen LogP contribution in [0.4, 0.5) is 8.78 Å². The fourth-order valence-electron chi connectivity index (χ4n) is 3.55. The number of benzene rings is 4. The maximum absolute atomic E-state index is 13.5. The third kappa shape index (κ3) is 7.70. The highest BCUT2D eigenvalue weighted by atomic mass is 32.2. The fourth-order valence-corrected chi connectivity index (χ4v) is 5.60. The summed E-state index contributed by atoms with van der Waals surface area (Å²) in [5.74, 6) is 5.10. The summed E-state index contributed by atoms with van der Waals surface area (Å²) in [6.07, 6.45) is 0. The van der Waals surface area contributed by atoms with Crippen molar-refractivity contribution in [3.8, 4) is 23.7 Å². The summed E-state index contributed by atoms with van der Waals surface area (Å²) in [5.41, 5.74) is 0.199. The van der Waals surface area contributed by atoms with E-state index in [9.17, 15) is 13.6 Å². The largest absolute Gasteiger partial charge is 0.482 e. The number of nitriles is 1. The van der Waals surface area contributed by atoms with Crippen LogP contribution in [0.5, 0.6) is 5.75 Å². The van der Waals surface area contributed by atoms with Crippen LogP contribution in [-0.4, -0.2) is 18.2 Å². The molecule has 0 aliphatic carbocycles. The van der Waals surface area contributed by atoms with E-state index in [1.807, 2.05) is 12.1 Å². The Bertz CT molecular complexity index is 1490. The lowest BCUT2D eigenvalue weighted by Crippen LogP contribution is -2.29. The zero-order valence-corrected chi connectivity index (χ0v) is 22.1. The molecule has 0 unspecified atom stereocenters. The van der Waals surface area contributed by atoms with Gasteiger partial charge in [0.25, 0.3) is 0 Å². The number of halogens is 2. The molecular formula is C32H24F2NO3S+. The van der Waals surface area contributed by atoms with Crippen LogP contribution in [-0.2, 0) is 20.4 Å². The minimum Gasteiger partial charge on any atom is -0.482 e. The van der Waals surface area contributed by atoms with Gasteiger partial charge in [0.1, 0.15) is 17.4 Å². The van der Waals surface area contributed by atoms with Gasteiger partial charge in [-0.1, -0.05) is 11.8 Å². The molecule has 0 bridgehead atoms. The van der Waals surface area contributed by atoms with Crippen LogP contribution in [0, 0.1) is 34.8 Å². The van der Waals surface area contributed by atoms with Crippen molar-refractivity contribution < 1.29 is 23.0 Å². The number of esters is 1. The van der Waals surface area contributed by atoms with Gasteiger partial charge >= 0.3 is 5.97 Å². The Balaban J connectivity index is 1.41. The number of ether oxygens (including phenoxy) is 2. The second kappa shape index (κ2) is 12.3. The molecule has 4 aromatic carbocycles. The fraction of sp³-hybridized carbons (Fsp3) is 0.125. The van der Waals surface area contributed by atoms with Gasteiger partial charge in [-0.05, 0) is 111 Å². The summed E-state index contributed by atoms with van der Waals surface area (Å²) >= 11 is 0. The number of rotatable bonds is 7. The molecule has 0 aliphatic heterocycles. The zero-order valence-electron chi connectivity index (χ0n) is 21.3. The first-order chi connectivity index (χ1) is 18.7. The summed E-state index contributed by atoms with van der Waals surface area (Å²) in [7, 11) is -0.597. The molecule has 7 heteroatoms. The van der Waals surface area contributed by atoms with Gasteiger partial charge in [-0.15, -0.1) is 0 Å². The van der Waals surface area contributed by atoms with Gasteiger partial charge in [0.2, 0.25) is 0 Å². The predicted molar refractivity (Wildman–Crippen MR) is 145 cm³/mol. The molecule has 39 heavy (non-hydrogen) atoms. The lowest BCUT2D eigenvalue weighted by Gasteiger charge is -2.19. The standard InChI is InChI=1S/C32H24F2NO3S/c1-32(2,20-19-23-3-5-24(21-35)6-4-23)38-31(36)22-37-27-11-17-30(18-12-27)39(28-13-7-25(33)8-14-28)29-15-9-26(34)10-16-29/h3-18H,22H2,1-2H3/q+1. The first kappa shape index (κ1) is 27.4. The Morgan fingerprint density at radius 3 is 1.72 bits per heavy atom. The van der Waals surface area contributed by atoms with Crippen molar-refractivity contribution in [3.05, 3.63) is 120 Å². The van der Waals surface area contributed by atoms with Crippen molar-refractivity contribution in [2.45, 2.75) is 34.1 Å². The van der Waals surface area contributed by atoms with E-state index >= 15 is 0 Å². The molecule has 0 saturated heterocycles. The number of nitrogens with zero attached hydrogens (tertiary/aromatic N) is 1. The maximum atomic E-state index is 13.5. The molecular weight excluding hydrogens is 516 g/mol. The van der Waals surface area contributed by atoms with Crippen molar-refractivity contribution in [3.63, 3.8) is 0 Å². The van der Waals surface area contributed by atoms with E-state index in [0.717, 1.165) is 14.7 Å². The average molecular weight is 541 g/mol. The second-order valence-corrected chi connectivity index (χ2v) is 10.9. The van der Waals surface area contributed by atoms with E-state index in [2.05, 4.69) is 17.9 Å². The Morgan fingerprint density at radius 2 is 1.23 bits per heavy atom. The highest BCUT2D eigenvalue weighted by Gasteiger charge is 2.29. The highest BCUT2D eigenvalue weighted by Crippen LogP contribution is 2.32. The molecule has 0 heterocycles. The Hall–Kier alpha value is -4.59. The SMILES string of the molecule is CC(C)(C#Cc1ccc(C#N)cc1)OC(=O)COc1ccc([S+](c2ccc(F)cc2)c2ccc(F)cc2)cc1. The van der Waals surface area contributed by atoms with E-state index in [1.54, 1.807) is 74.5 Å². The van der Waals surface area contributed by atoms with Crippen LogP contribution < -0.4 is 4.74 Å². The zero-order chi connectivity index (χ0) is 27.8. The summed E-state index contributed by atoms with van der Waals surface area (Å²) < 4.78 is 38.2. The topological polar surface area (TPSA) is 59.3 Å². The molecule has 0 atom stereocenters. The molecule has 194 valence electrons. The lowest BCUT2D eigenvalue weighted by atomic mass is 10.1. The monoisotopic (exact) mass is 540 g/mol. The van der Waals surface area contributed by atoms with Crippen LogP contribution >= 0.6 is 0 Å². The van der Waals surface area contributed by atoms with Crippen molar-refractivity contribution >= 4 is 16.9 Å². The normalized spacial score (nSPS) is 10.8. The van der Waals surface area contributed by atoms with Crippen molar-refractivity contribution in [2.24, 2.45) is 0 Å². The summed E-state index contributed by atoms with van der Waals surface area (Å²) in [6.45, 7) is 3.06. The van der Waals surface area contributed by atoms with Crippen molar-refractivity contribution in [1.82, 2.24) is 0 Å². The quantitative estimate of drug-likeness (QED) is 0.149. The Morgan fingerprint density at radius 1 is 0.769 bits per heavy atom. The van der Waals surface area contributed by atoms with Gasteiger partial charge in [-0.3, -0.25) is 0 Å². The van der Waals surface area contributed by atoms with Crippen LogP contribution in [0.1, 0.15) is 25.0 Å². The lowest BCUT2D eigenvalue weighted by molar-refractivity contribution is -0.154. The van der Waals surface area contributed by atoms with E-state index in [4.69, 9.17) is 14.7 Å². The average Bonchev–Trinajstić information content (AvgIpc) is 2.94. The first-order valence-corrected chi connectivity index (χ1v) is 13.2. The Kier molecular flexibility index (Phi) is 8.66. The molecule has 4 rings (SSSR count). The predicted octanol–water partition coefficient (Wildman–Crippen LogP) is 6.68. The molecule has 0 fully saturated rings. The van der Waals surface area contributed by atoms with E-state index in [0.29, 0.717) is 16.9 Å². The molecule has 0 aliphatic rings. The minimum atomic E-state index is -1.04. The van der Waals surface area contributed by atoms with Crippen LogP contribution in [0.2, 0.25) is 0 Å². The molecule has 0 aromatic heterocycles. The minimum absolute atomic E-state index is 0.303. The molecule has 4 aromatic rings. The second-order valence-electron chi connectivity index (χ2n) is 8.90. The summed E-state index contributed by atoms with van der Waals surface area (Å²) in [6, 6.07) is 28.5. The van der Waals surface area contributed by atoms with Crippen LogP contribution in [0.15, 0.2) is 112 Å². The summed E-state index contributed by atoms with van der Waals surface area (Å²) in [5, 5.41) is 8.89. The van der Waals surface area contributed by atoms with Crippen LogP contribution in [0.3, 0.4) is 0 Å². The number of carbonyl (C=O) groups excluding carboxylic acids is 1. The number of hydrogen-bond donors (Lipinski definition) is 0. The Labute approximate surface area is 229 Å². The number of hydrogen-bond acceptors (Lipinski definition) is 4. The molecule has 0 saturated carbocycles. The van der Waals surface area contributed by atoms with Gasteiger partial charge in [-0.25, -0.2) is 13.6 Å². The van der Waals surface area contributed by atoms with E-state index in [1.165, 1.54) is 24.3 Å². The first-order valence-electron chi connectivity index (χ1n) is 12.0.